The Bertz CT molecular complexity index is 1420. The maximum atomic E-state index is 13.6. The summed E-state index contributed by atoms with van der Waals surface area (Å²) in [5.74, 6) is -1.71. The van der Waals surface area contributed by atoms with E-state index in [9.17, 15) is 35.2 Å². The van der Waals surface area contributed by atoms with E-state index in [-0.39, 0.29) is 53.4 Å². The van der Waals surface area contributed by atoms with Crippen LogP contribution in [0, 0.1) is 0 Å². The van der Waals surface area contributed by atoms with Crippen molar-refractivity contribution in [3.8, 4) is 5.75 Å². The minimum absolute atomic E-state index is 0.0190. The Kier molecular flexibility index (Phi) is 6.90. The van der Waals surface area contributed by atoms with Gasteiger partial charge in [-0.3, -0.25) is 4.79 Å². The summed E-state index contributed by atoms with van der Waals surface area (Å²) in [5.41, 5.74) is -0.499. The summed E-state index contributed by atoms with van der Waals surface area (Å²) in [4.78, 5) is 13.5. The number of methoxy groups -OCH3 is 1. The molecule has 0 aliphatic carbocycles. The van der Waals surface area contributed by atoms with Crippen molar-refractivity contribution >= 4 is 48.5 Å². The summed E-state index contributed by atoms with van der Waals surface area (Å²) in [6.45, 7) is -0.522. The number of aromatic nitrogens is 2. The number of carbonyl (C=O) groups is 1. The van der Waals surface area contributed by atoms with Gasteiger partial charge >= 0.3 is 12.1 Å². The van der Waals surface area contributed by atoms with Crippen LogP contribution in [0.25, 0.3) is 10.9 Å². The van der Waals surface area contributed by atoms with E-state index in [1.54, 1.807) is 4.90 Å². The van der Waals surface area contributed by atoms with Crippen LogP contribution in [0.1, 0.15) is 12.1 Å². The first kappa shape index (κ1) is 26.1. The molecule has 1 fully saturated rings. The number of ether oxygens (including phenoxy) is 1. The number of rotatable bonds is 5. The molecule has 0 atom stereocenters. The van der Waals surface area contributed by atoms with Crippen LogP contribution in [-0.4, -0.2) is 67.9 Å². The van der Waals surface area contributed by atoms with E-state index in [2.05, 4.69) is 21.0 Å². The van der Waals surface area contributed by atoms with Crippen molar-refractivity contribution in [3.63, 3.8) is 0 Å². The van der Waals surface area contributed by atoms with Gasteiger partial charge < -0.3 is 14.5 Å². The van der Waals surface area contributed by atoms with Gasteiger partial charge in [0.2, 0.25) is 0 Å². The van der Waals surface area contributed by atoms with Crippen LogP contribution in [0.4, 0.5) is 27.6 Å². The molecule has 1 aromatic heterocycles. The van der Waals surface area contributed by atoms with Crippen molar-refractivity contribution in [2.24, 2.45) is 0 Å². The fourth-order valence-electron chi connectivity index (χ4n) is 3.94. The normalized spacial score (nSPS) is 15.1. The molecule has 2 aromatic carbocycles. The number of anilines is 1. The fraction of sp³-hybridized carbons (Fsp3) is 0.333. The van der Waals surface area contributed by atoms with Gasteiger partial charge in [-0.25, -0.2) is 8.78 Å². The lowest BCUT2D eigenvalue weighted by molar-refractivity contribution is -0.185. The van der Waals surface area contributed by atoms with Gasteiger partial charge in [-0.15, -0.1) is 0 Å². The van der Waals surface area contributed by atoms with E-state index in [1.807, 2.05) is 0 Å². The molecule has 3 aromatic rings. The van der Waals surface area contributed by atoms with E-state index in [0.29, 0.717) is 13.5 Å². The van der Waals surface area contributed by atoms with Gasteiger partial charge in [0.15, 0.2) is 0 Å². The van der Waals surface area contributed by atoms with Crippen molar-refractivity contribution in [1.29, 1.82) is 0 Å². The number of carbonyl (C=O) groups excluding carboxylic acids is 1. The highest BCUT2D eigenvalue weighted by Gasteiger charge is 2.43. The Morgan fingerprint density at radius 2 is 1.75 bits per heavy atom. The maximum Gasteiger partial charge on any atom is 0.471 e. The summed E-state index contributed by atoms with van der Waals surface area (Å²) in [7, 11) is -3.13. The van der Waals surface area contributed by atoms with Gasteiger partial charge in [0.1, 0.15) is 11.4 Å². The second-order valence-electron chi connectivity index (χ2n) is 7.81. The summed E-state index contributed by atoms with van der Waals surface area (Å²) >= 11 is 3.20. The molecule has 0 saturated carbocycles. The molecule has 0 radical (unpaired) electrons. The summed E-state index contributed by atoms with van der Waals surface area (Å²) in [6.07, 6.45) is -8.01. The van der Waals surface area contributed by atoms with Crippen LogP contribution in [0.15, 0.2) is 45.8 Å². The summed E-state index contributed by atoms with van der Waals surface area (Å²) < 4.78 is 98.6. The highest BCUT2D eigenvalue weighted by atomic mass is 79.9. The maximum absolute atomic E-state index is 13.6. The minimum atomic E-state index is -4.99. The quantitative estimate of drug-likeness (QED) is 0.411. The zero-order chi connectivity index (χ0) is 26.4. The summed E-state index contributed by atoms with van der Waals surface area (Å²) in [5, 5.41) is 3.65. The van der Waals surface area contributed by atoms with E-state index < -0.39 is 34.2 Å². The Hall–Kier alpha value is -2.94. The predicted molar refractivity (Wildman–Crippen MR) is 123 cm³/mol. The standard InChI is InChI=1S/C21H18BrF5N4O4S/c1-35-17-5-3-13(11-16(17)29-6-8-30(9-7-29)20(32)21(25,26)27)36(33,34)31-15-10-12(22)2-4-14(15)18(28-31)19(23)24/h2-5,10-11,19H,6-9H2,1H3. The average molecular weight is 597 g/mol. The van der Waals surface area contributed by atoms with Gasteiger partial charge in [0.05, 0.1) is 23.2 Å². The molecule has 4 rings (SSSR count). The molecule has 15 heteroatoms. The molecule has 1 aliphatic rings. The number of fused-ring (bicyclic) bond motifs is 1. The van der Waals surface area contributed by atoms with Gasteiger partial charge in [0.25, 0.3) is 16.4 Å². The van der Waals surface area contributed by atoms with E-state index in [1.165, 1.54) is 43.5 Å². The monoisotopic (exact) mass is 596 g/mol. The van der Waals surface area contributed by atoms with Crippen LogP contribution in [0.5, 0.6) is 5.75 Å². The van der Waals surface area contributed by atoms with Crippen LogP contribution >= 0.6 is 15.9 Å². The Morgan fingerprint density at radius 1 is 1.08 bits per heavy atom. The van der Waals surface area contributed by atoms with Crippen molar-refractivity contribution < 1.29 is 39.9 Å². The third kappa shape index (κ3) is 4.73. The molecule has 1 aliphatic heterocycles. The number of alkyl halides is 5. The molecule has 1 saturated heterocycles. The molecular formula is C21H18BrF5N4O4S. The lowest BCUT2D eigenvalue weighted by Crippen LogP contribution is -2.52. The van der Waals surface area contributed by atoms with Crippen molar-refractivity contribution in [1.82, 2.24) is 14.1 Å². The van der Waals surface area contributed by atoms with E-state index >= 15 is 0 Å². The Labute approximate surface area is 210 Å². The number of piperazine rings is 1. The van der Waals surface area contributed by atoms with E-state index in [4.69, 9.17) is 4.74 Å². The fourth-order valence-corrected chi connectivity index (χ4v) is 5.59. The minimum Gasteiger partial charge on any atom is -0.495 e. The number of hydrogen-bond acceptors (Lipinski definition) is 6. The SMILES string of the molecule is COc1ccc(S(=O)(=O)n2nc(C(F)F)c3ccc(Br)cc32)cc1N1CCN(C(=O)C(F)(F)F)CC1. The topological polar surface area (TPSA) is 84.7 Å². The van der Waals surface area contributed by atoms with Gasteiger partial charge in [-0.2, -0.15) is 30.8 Å². The number of nitrogens with zero attached hydrogens (tertiary/aromatic N) is 4. The molecule has 0 bridgehead atoms. The number of amides is 1. The zero-order valence-corrected chi connectivity index (χ0v) is 20.9. The molecule has 0 unspecified atom stereocenters. The first-order chi connectivity index (χ1) is 16.8. The Balaban J connectivity index is 1.72. The molecule has 194 valence electrons. The smallest absolute Gasteiger partial charge is 0.471 e. The zero-order valence-electron chi connectivity index (χ0n) is 18.5. The highest BCUT2D eigenvalue weighted by Crippen LogP contribution is 2.35. The van der Waals surface area contributed by atoms with Crippen molar-refractivity contribution in [2.75, 3.05) is 38.2 Å². The molecule has 0 spiro atoms. The Morgan fingerprint density at radius 3 is 2.33 bits per heavy atom. The lowest BCUT2D eigenvalue weighted by Gasteiger charge is -2.36. The second-order valence-corrected chi connectivity index (χ2v) is 10.5. The van der Waals surface area contributed by atoms with Crippen LogP contribution in [-0.2, 0) is 14.8 Å². The predicted octanol–water partition coefficient (Wildman–Crippen LogP) is 4.19. The molecule has 36 heavy (non-hydrogen) atoms. The first-order valence-electron chi connectivity index (χ1n) is 10.4. The number of halogens is 6. The lowest BCUT2D eigenvalue weighted by atomic mass is 10.2. The third-order valence-electron chi connectivity index (χ3n) is 5.67. The molecule has 1 amide bonds. The van der Waals surface area contributed by atoms with Crippen LogP contribution in [0.3, 0.4) is 0 Å². The van der Waals surface area contributed by atoms with Crippen molar-refractivity contribution in [2.45, 2.75) is 17.5 Å². The molecular weight excluding hydrogens is 579 g/mol. The molecule has 0 N–H and O–H groups in total. The molecule has 2 heterocycles. The second kappa shape index (κ2) is 9.50. The highest BCUT2D eigenvalue weighted by molar-refractivity contribution is 9.10. The third-order valence-corrected chi connectivity index (χ3v) is 7.75. The first-order valence-corrected chi connectivity index (χ1v) is 12.6. The van der Waals surface area contributed by atoms with Gasteiger partial charge in [-0.05, 0) is 36.4 Å². The van der Waals surface area contributed by atoms with E-state index in [0.717, 1.165) is 0 Å². The van der Waals surface area contributed by atoms with Crippen LogP contribution in [0.2, 0.25) is 0 Å². The number of hydrogen-bond donors (Lipinski definition) is 0. The average Bonchev–Trinajstić information content (AvgIpc) is 3.22. The molecule has 8 nitrogen and oxygen atoms in total. The van der Waals surface area contributed by atoms with Gasteiger partial charge in [-0.1, -0.05) is 15.9 Å². The van der Waals surface area contributed by atoms with Crippen molar-refractivity contribution in [3.05, 3.63) is 46.6 Å². The summed E-state index contributed by atoms with van der Waals surface area (Å²) in [6, 6.07) is 7.98. The largest absolute Gasteiger partial charge is 0.495 e. The van der Waals surface area contributed by atoms with Crippen LogP contribution < -0.4 is 9.64 Å². The number of benzene rings is 2. The van der Waals surface area contributed by atoms with Gasteiger partial charge in [0, 0.05) is 36.0 Å².